The molecular formula is C16H15FN4S. The van der Waals surface area contributed by atoms with Gasteiger partial charge in [0, 0.05) is 5.75 Å². The Hall–Kier alpha value is -2.34. The third-order valence-corrected chi connectivity index (χ3v) is 4.19. The molecule has 2 aromatic carbocycles. The topological polar surface area (TPSA) is 56.7 Å². The van der Waals surface area contributed by atoms with Crippen LogP contribution in [0.15, 0.2) is 59.8 Å². The van der Waals surface area contributed by atoms with E-state index in [9.17, 15) is 4.39 Å². The molecule has 0 radical (unpaired) electrons. The Kier molecular flexibility index (Phi) is 4.39. The van der Waals surface area contributed by atoms with Crippen LogP contribution in [-0.2, 0) is 6.42 Å². The van der Waals surface area contributed by atoms with Crippen molar-refractivity contribution >= 4 is 11.8 Å². The predicted molar refractivity (Wildman–Crippen MR) is 86.4 cm³/mol. The summed E-state index contributed by atoms with van der Waals surface area (Å²) < 4.78 is 15.1. The van der Waals surface area contributed by atoms with Crippen LogP contribution in [0.3, 0.4) is 0 Å². The highest BCUT2D eigenvalue weighted by Crippen LogP contribution is 2.24. The molecule has 0 saturated heterocycles. The van der Waals surface area contributed by atoms with Crippen molar-refractivity contribution in [1.82, 2.24) is 14.9 Å². The van der Waals surface area contributed by atoms with Gasteiger partial charge in [-0.1, -0.05) is 54.2 Å². The van der Waals surface area contributed by atoms with Crippen LogP contribution in [-0.4, -0.2) is 20.6 Å². The summed E-state index contributed by atoms with van der Waals surface area (Å²) in [5.74, 6) is 6.79. The standard InChI is InChI=1S/C16H15FN4S/c17-14-9-5-4-8-13(14)15-19-20-16(21(15)18)22-11-10-12-6-2-1-3-7-12/h1-9H,10-11,18H2. The lowest BCUT2D eigenvalue weighted by Gasteiger charge is -2.04. The molecule has 0 spiro atoms. The molecule has 4 nitrogen and oxygen atoms in total. The molecule has 0 aliphatic carbocycles. The zero-order valence-corrected chi connectivity index (χ0v) is 12.6. The van der Waals surface area contributed by atoms with Crippen LogP contribution in [0.1, 0.15) is 5.56 Å². The second-order valence-electron chi connectivity index (χ2n) is 4.74. The van der Waals surface area contributed by atoms with E-state index in [0.29, 0.717) is 16.5 Å². The molecule has 1 heterocycles. The number of benzene rings is 2. The van der Waals surface area contributed by atoms with Crippen LogP contribution in [0.25, 0.3) is 11.4 Å². The summed E-state index contributed by atoms with van der Waals surface area (Å²) in [5, 5.41) is 8.63. The molecule has 0 aliphatic heterocycles. The minimum absolute atomic E-state index is 0.334. The highest BCUT2D eigenvalue weighted by molar-refractivity contribution is 7.99. The van der Waals surface area contributed by atoms with E-state index >= 15 is 0 Å². The Morgan fingerprint density at radius 3 is 2.50 bits per heavy atom. The third-order valence-electron chi connectivity index (χ3n) is 3.24. The van der Waals surface area contributed by atoms with Crippen LogP contribution in [0.2, 0.25) is 0 Å². The Balaban J connectivity index is 1.70. The summed E-state index contributed by atoms with van der Waals surface area (Å²) in [6, 6.07) is 16.6. The molecule has 0 fully saturated rings. The van der Waals surface area contributed by atoms with Crippen molar-refractivity contribution in [3.8, 4) is 11.4 Å². The number of hydrogen-bond donors (Lipinski definition) is 1. The lowest BCUT2D eigenvalue weighted by Crippen LogP contribution is -2.12. The molecule has 0 atom stereocenters. The number of nitrogens with two attached hydrogens (primary N) is 1. The number of hydrogen-bond acceptors (Lipinski definition) is 4. The number of aromatic nitrogens is 3. The molecular weight excluding hydrogens is 299 g/mol. The van der Waals surface area contributed by atoms with Crippen molar-refractivity contribution in [3.63, 3.8) is 0 Å². The lowest BCUT2D eigenvalue weighted by molar-refractivity contribution is 0.629. The first kappa shape index (κ1) is 14.6. The van der Waals surface area contributed by atoms with Crippen molar-refractivity contribution in [2.45, 2.75) is 11.6 Å². The van der Waals surface area contributed by atoms with Crippen LogP contribution < -0.4 is 5.84 Å². The van der Waals surface area contributed by atoms with Gasteiger partial charge in [0.1, 0.15) is 5.82 Å². The fourth-order valence-corrected chi connectivity index (χ4v) is 2.95. The SMILES string of the molecule is Nn1c(SCCc2ccccc2)nnc1-c1ccccc1F. The number of aryl methyl sites for hydroxylation is 1. The second kappa shape index (κ2) is 6.62. The van der Waals surface area contributed by atoms with Gasteiger partial charge in [-0.25, -0.2) is 9.07 Å². The van der Waals surface area contributed by atoms with Gasteiger partial charge in [-0.15, -0.1) is 10.2 Å². The zero-order valence-electron chi connectivity index (χ0n) is 11.8. The van der Waals surface area contributed by atoms with Crippen LogP contribution in [0.4, 0.5) is 4.39 Å². The summed E-state index contributed by atoms with van der Waals surface area (Å²) >= 11 is 1.51. The van der Waals surface area contributed by atoms with Crippen molar-refractivity contribution in [2.24, 2.45) is 0 Å². The largest absolute Gasteiger partial charge is 0.335 e. The third kappa shape index (κ3) is 3.12. The molecule has 6 heteroatoms. The van der Waals surface area contributed by atoms with Gasteiger partial charge in [-0.05, 0) is 24.1 Å². The van der Waals surface area contributed by atoms with Gasteiger partial charge in [-0.2, -0.15) is 0 Å². The van der Waals surface area contributed by atoms with Crippen LogP contribution >= 0.6 is 11.8 Å². The Labute approximate surface area is 132 Å². The maximum atomic E-state index is 13.8. The first-order chi connectivity index (χ1) is 10.8. The summed E-state index contributed by atoms with van der Waals surface area (Å²) in [7, 11) is 0. The van der Waals surface area contributed by atoms with Gasteiger partial charge >= 0.3 is 0 Å². The highest BCUT2D eigenvalue weighted by atomic mass is 32.2. The second-order valence-corrected chi connectivity index (χ2v) is 5.80. The Morgan fingerprint density at radius 2 is 1.73 bits per heavy atom. The molecule has 3 rings (SSSR count). The molecule has 2 N–H and O–H groups in total. The number of rotatable bonds is 5. The smallest absolute Gasteiger partial charge is 0.210 e. The van der Waals surface area contributed by atoms with Crippen molar-refractivity contribution in [1.29, 1.82) is 0 Å². The summed E-state index contributed by atoms with van der Waals surface area (Å²) in [6.45, 7) is 0. The van der Waals surface area contributed by atoms with Crippen molar-refractivity contribution < 1.29 is 4.39 Å². The summed E-state index contributed by atoms with van der Waals surface area (Å²) in [4.78, 5) is 0. The number of nitrogens with zero attached hydrogens (tertiary/aromatic N) is 3. The normalized spacial score (nSPS) is 10.8. The fraction of sp³-hybridized carbons (Fsp3) is 0.125. The van der Waals surface area contributed by atoms with Crippen LogP contribution in [0, 0.1) is 5.82 Å². The highest BCUT2D eigenvalue weighted by Gasteiger charge is 2.14. The molecule has 0 aliphatic rings. The van der Waals surface area contributed by atoms with Gasteiger partial charge in [0.05, 0.1) is 5.56 Å². The minimum atomic E-state index is -0.359. The number of nitrogen functional groups attached to an aromatic ring is 1. The fourth-order valence-electron chi connectivity index (χ4n) is 2.11. The number of thioether (sulfide) groups is 1. The Morgan fingerprint density at radius 1 is 1.00 bits per heavy atom. The maximum absolute atomic E-state index is 13.8. The van der Waals surface area contributed by atoms with Gasteiger partial charge in [0.25, 0.3) is 0 Å². The van der Waals surface area contributed by atoms with E-state index in [0.717, 1.165) is 12.2 Å². The molecule has 22 heavy (non-hydrogen) atoms. The first-order valence-corrected chi connectivity index (χ1v) is 7.86. The summed E-state index contributed by atoms with van der Waals surface area (Å²) in [5.41, 5.74) is 1.61. The zero-order chi connectivity index (χ0) is 15.4. The molecule has 112 valence electrons. The monoisotopic (exact) mass is 314 g/mol. The molecule has 3 aromatic rings. The van der Waals surface area contributed by atoms with Crippen molar-refractivity contribution in [3.05, 3.63) is 66.0 Å². The quantitative estimate of drug-likeness (QED) is 0.580. The maximum Gasteiger partial charge on any atom is 0.210 e. The van der Waals surface area contributed by atoms with Gasteiger partial charge in [-0.3, -0.25) is 0 Å². The molecule has 0 bridgehead atoms. The van der Waals surface area contributed by atoms with E-state index in [4.69, 9.17) is 5.84 Å². The van der Waals surface area contributed by atoms with E-state index in [-0.39, 0.29) is 5.82 Å². The van der Waals surface area contributed by atoms with E-state index < -0.39 is 0 Å². The first-order valence-electron chi connectivity index (χ1n) is 6.88. The lowest BCUT2D eigenvalue weighted by atomic mass is 10.2. The summed E-state index contributed by atoms with van der Waals surface area (Å²) in [6.07, 6.45) is 0.910. The molecule has 0 amide bonds. The van der Waals surface area contributed by atoms with Gasteiger partial charge in [0.2, 0.25) is 5.16 Å². The molecule has 0 unspecified atom stereocenters. The van der Waals surface area contributed by atoms with Crippen LogP contribution in [0.5, 0.6) is 0 Å². The van der Waals surface area contributed by atoms with E-state index in [1.165, 1.54) is 28.1 Å². The van der Waals surface area contributed by atoms with E-state index in [1.807, 2.05) is 18.2 Å². The minimum Gasteiger partial charge on any atom is -0.335 e. The van der Waals surface area contributed by atoms with Gasteiger partial charge in [0.15, 0.2) is 5.82 Å². The average molecular weight is 314 g/mol. The average Bonchev–Trinajstić information content (AvgIpc) is 2.90. The predicted octanol–water partition coefficient (Wildman–Crippen LogP) is 3.13. The van der Waals surface area contributed by atoms with Crippen molar-refractivity contribution in [2.75, 3.05) is 11.6 Å². The Bertz CT molecular complexity index is 758. The number of halogens is 1. The van der Waals surface area contributed by atoms with E-state index in [1.54, 1.807) is 18.2 Å². The van der Waals surface area contributed by atoms with Gasteiger partial charge < -0.3 is 5.84 Å². The molecule has 0 saturated carbocycles. The van der Waals surface area contributed by atoms with E-state index in [2.05, 4.69) is 22.3 Å². The molecule has 1 aromatic heterocycles.